The molecule has 0 aliphatic carbocycles. The molecular formula is C15H26N4OS. The zero-order valence-electron chi connectivity index (χ0n) is 13.1. The van der Waals surface area contributed by atoms with Crippen molar-refractivity contribution < 1.29 is 4.74 Å². The van der Waals surface area contributed by atoms with E-state index in [1.807, 2.05) is 16.9 Å². The standard InChI is InChI=1S/C15H26N4OS/c1-15(2,3)13(11-19-8-5-7-17-19)18-14(21)16-10-12-6-4-9-20-12/h5,7-8,12-13H,4,6,9-11H2,1-3H3,(H2,16,18,21)/t12-,13+/m1/s1. The molecule has 2 atom stereocenters. The average Bonchev–Trinajstić information content (AvgIpc) is 3.07. The van der Waals surface area contributed by atoms with Crippen LogP contribution in [-0.2, 0) is 11.3 Å². The summed E-state index contributed by atoms with van der Waals surface area (Å²) in [6.07, 6.45) is 6.34. The molecule has 5 nitrogen and oxygen atoms in total. The average molecular weight is 310 g/mol. The number of nitrogens with one attached hydrogen (secondary N) is 2. The molecule has 1 aliphatic rings. The van der Waals surface area contributed by atoms with Gasteiger partial charge in [0.2, 0.25) is 0 Å². The van der Waals surface area contributed by atoms with E-state index in [0.29, 0.717) is 11.2 Å². The Morgan fingerprint density at radius 3 is 2.90 bits per heavy atom. The third kappa shape index (κ3) is 5.28. The van der Waals surface area contributed by atoms with Crippen LogP contribution in [-0.4, -0.2) is 40.2 Å². The molecule has 118 valence electrons. The smallest absolute Gasteiger partial charge is 0.166 e. The summed E-state index contributed by atoms with van der Waals surface area (Å²) in [6.45, 7) is 9.06. The highest BCUT2D eigenvalue weighted by Crippen LogP contribution is 2.20. The van der Waals surface area contributed by atoms with E-state index in [-0.39, 0.29) is 11.5 Å². The molecule has 0 spiro atoms. The minimum atomic E-state index is 0.0849. The molecule has 0 unspecified atom stereocenters. The topological polar surface area (TPSA) is 51.1 Å². The van der Waals surface area contributed by atoms with Gasteiger partial charge in [-0.1, -0.05) is 20.8 Å². The zero-order valence-corrected chi connectivity index (χ0v) is 13.9. The molecule has 2 rings (SSSR count). The predicted molar refractivity (Wildman–Crippen MR) is 88.2 cm³/mol. The van der Waals surface area contributed by atoms with Gasteiger partial charge in [-0.2, -0.15) is 5.10 Å². The van der Waals surface area contributed by atoms with Crippen LogP contribution in [0.2, 0.25) is 0 Å². The van der Waals surface area contributed by atoms with Gasteiger partial charge in [0.25, 0.3) is 0 Å². The lowest BCUT2D eigenvalue weighted by atomic mass is 9.87. The fourth-order valence-electron chi connectivity index (χ4n) is 2.35. The Morgan fingerprint density at radius 1 is 1.52 bits per heavy atom. The summed E-state index contributed by atoms with van der Waals surface area (Å²) in [6, 6.07) is 2.15. The number of ether oxygens (including phenoxy) is 1. The number of aromatic nitrogens is 2. The molecule has 1 aromatic rings. The lowest BCUT2D eigenvalue weighted by Crippen LogP contribution is -2.51. The number of hydrogen-bond acceptors (Lipinski definition) is 3. The van der Waals surface area contributed by atoms with Crippen molar-refractivity contribution in [2.75, 3.05) is 13.2 Å². The van der Waals surface area contributed by atoms with E-state index in [9.17, 15) is 0 Å². The quantitative estimate of drug-likeness (QED) is 0.814. The van der Waals surface area contributed by atoms with E-state index >= 15 is 0 Å². The van der Waals surface area contributed by atoms with Crippen LogP contribution in [0.4, 0.5) is 0 Å². The number of hydrogen-bond donors (Lipinski definition) is 2. The molecule has 0 aromatic carbocycles. The first-order chi connectivity index (χ1) is 9.95. The van der Waals surface area contributed by atoms with Crippen molar-refractivity contribution in [1.82, 2.24) is 20.4 Å². The van der Waals surface area contributed by atoms with Crippen LogP contribution in [0.3, 0.4) is 0 Å². The summed E-state index contributed by atoms with van der Waals surface area (Å²) in [5.41, 5.74) is 0.0849. The monoisotopic (exact) mass is 310 g/mol. The van der Waals surface area contributed by atoms with Crippen molar-refractivity contribution in [3.8, 4) is 0 Å². The predicted octanol–water partition coefficient (Wildman–Crippen LogP) is 1.94. The second-order valence-corrected chi connectivity index (χ2v) is 7.04. The first kappa shape index (κ1) is 16.2. The van der Waals surface area contributed by atoms with Gasteiger partial charge >= 0.3 is 0 Å². The molecule has 1 aliphatic heterocycles. The Hall–Kier alpha value is -1.14. The van der Waals surface area contributed by atoms with Gasteiger partial charge in [0.15, 0.2) is 5.11 Å². The Labute approximate surface area is 132 Å². The Balaban J connectivity index is 1.84. The highest BCUT2D eigenvalue weighted by atomic mass is 32.1. The summed E-state index contributed by atoms with van der Waals surface area (Å²) < 4.78 is 7.53. The van der Waals surface area contributed by atoms with Gasteiger partial charge in [0.1, 0.15) is 0 Å². The maximum atomic E-state index is 5.60. The van der Waals surface area contributed by atoms with E-state index in [1.54, 1.807) is 6.20 Å². The molecule has 1 aromatic heterocycles. The van der Waals surface area contributed by atoms with Gasteiger partial charge in [-0.3, -0.25) is 4.68 Å². The van der Waals surface area contributed by atoms with E-state index in [1.165, 1.54) is 0 Å². The lowest BCUT2D eigenvalue weighted by molar-refractivity contribution is 0.113. The fraction of sp³-hybridized carbons (Fsp3) is 0.733. The second kappa shape index (κ2) is 7.22. The van der Waals surface area contributed by atoms with Crippen LogP contribution in [0.25, 0.3) is 0 Å². The van der Waals surface area contributed by atoms with Gasteiger partial charge in [-0.15, -0.1) is 0 Å². The van der Waals surface area contributed by atoms with Gasteiger partial charge in [-0.05, 0) is 36.5 Å². The van der Waals surface area contributed by atoms with Crippen LogP contribution in [0.1, 0.15) is 33.6 Å². The Bertz CT molecular complexity index is 435. The number of nitrogens with zero attached hydrogens (tertiary/aromatic N) is 2. The molecule has 1 saturated heterocycles. The molecule has 0 saturated carbocycles. The fourth-order valence-corrected chi connectivity index (χ4v) is 2.58. The summed E-state index contributed by atoms with van der Waals surface area (Å²) in [5.74, 6) is 0. The second-order valence-electron chi connectivity index (χ2n) is 6.64. The summed E-state index contributed by atoms with van der Waals surface area (Å²) in [4.78, 5) is 0. The zero-order chi connectivity index (χ0) is 15.3. The number of thiocarbonyl (C=S) groups is 1. The van der Waals surface area contributed by atoms with E-state index in [0.717, 1.165) is 32.5 Å². The van der Waals surface area contributed by atoms with E-state index in [4.69, 9.17) is 17.0 Å². The third-order valence-corrected chi connectivity index (χ3v) is 4.06. The molecule has 0 bridgehead atoms. The van der Waals surface area contributed by atoms with Gasteiger partial charge < -0.3 is 15.4 Å². The van der Waals surface area contributed by atoms with Crippen LogP contribution in [0, 0.1) is 5.41 Å². The van der Waals surface area contributed by atoms with Crippen molar-refractivity contribution in [3.05, 3.63) is 18.5 Å². The van der Waals surface area contributed by atoms with Gasteiger partial charge in [-0.25, -0.2) is 0 Å². The van der Waals surface area contributed by atoms with E-state index in [2.05, 4.69) is 36.5 Å². The highest BCUT2D eigenvalue weighted by molar-refractivity contribution is 7.80. The van der Waals surface area contributed by atoms with Crippen molar-refractivity contribution in [2.45, 2.75) is 52.3 Å². The van der Waals surface area contributed by atoms with Crippen LogP contribution >= 0.6 is 12.2 Å². The van der Waals surface area contributed by atoms with Gasteiger partial charge in [0, 0.05) is 25.5 Å². The first-order valence-electron chi connectivity index (χ1n) is 7.58. The van der Waals surface area contributed by atoms with Crippen LogP contribution in [0.5, 0.6) is 0 Å². The minimum Gasteiger partial charge on any atom is -0.376 e. The third-order valence-electron chi connectivity index (χ3n) is 3.79. The Kier molecular flexibility index (Phi) is 5.58. The summed E-state index contributed by atoms with van der Waals surface area (Å²) >= 11 is 5.42. The normalized spacial score (nSPS) is 20.2. The van der Waals surface area contributed by atoms with Crippen molar-refractivity contribution >= 4 is 17.3 Å². The highest BCUT2D eigenvalue weighted by Gasteiger charge is 2.26. The van der Waals surface area contributed by atoms with Crippen molar-refractivity contribution in [1.29, 1.82) is 0 Å². The van der Waals surface area contributed by atoms with Gasteiger partial charge in [0.05, 0.1) is 18.7 Å². The molecule has 1 fully saturated rings. The van der Waals surface area contributed by atoms with Crippen LogP contribution < -0.4 is 10.6 Å². The molecular weight excluding hydrogens is 284 g/mol. The summed E-state index contributed by atoms with van der Waals surface area (Å²) in [5, 5.41) is 11.7. The van der Waals surface area contributed by atoms with Crippen molar-refractivity contribution in [2.24, 2.45) is 5.41 Å². The largest absolute Gasteiger partial charge is 0.376 e. The maximum Gasteiger partial charge on any atom is 0.166 e. The maximum absolute atomic E-state index is 5.60. The Morgan fingerprint density at radius 2 is 2.33 bits per heavy atom. The van der Waals surface area contributed by atoms with Crippen molar-refractivity contribution in [3.63, 3.8) is 0 Å². The molecule has 0 radical (unpaired) electrons. The summed E-state index contributed by atoms with van der Waals surface area (Å²) in [7, 11) is 0. The molecule has 0 amide bonds. The van der Waals surface area contributed by atoms with E-state index < -0.39 is 0 Å². The molecule has 2 N–H and O–H groups in total. The SMILES string of the molecule is CC(C)(C)[C@H](Cn1cccn1)NC(=S)NC[C@H]1CCCO1. The number of rotatable bonds is 5. The molecule has 2 heterocycles. The molecule has 21 heavy (non-hydrogen) atoms. The lowest BCUT2D eigenvalue weighted by Gasteiger charge is -2.32. The first-order valence-corrected chi connectivity index (χ1v) is 7.99. The van der Waals surface area contributed by atoms with Crippen LogP contribution in [0.15, 0.2) is 18.5 Å². The minimum absolute atomic E-state index is 0.0849. The molecule has 6 heteroatoms.